The Bertz CT molecular complexity index is 787. The number of hydrogen-bond acceptors (Lipinski definition) is 5. The maximum Gasteiger partial charge on any atom is 0.137 e. The Balaban J connectivity index is 1.41. The van der Waals surface area contributed by atoms with Crippen LogP contribution in [0.1, 0.15) is 30.4 Å². The van der Waals surface area contributed by atoms with E-state index in [9.17, 15) is 0 Å². The fourth-order valence-corrected chi connectivity index (χ4v) is 3.41. The topological polar surface area (TPSA) is 71.9 Å². The van der Waals surface area contributed by atoms with E-state index in [1.165, 1.54) is 0 Å². The van der Waals surface area contributed by atoms with Crippen molar-refractivity contribution in [2.45, 2.75) is 25.3 Å². The van der Waals surface area contributed by atoms with Crippen LogP contribution in [0.3, 0.4) is 0 Å². The average Bonchev–Trinajstić information content (AvgIpc) is 3.35. The van der Waals surface area contributed by atoms with Crippen LogP contribution < -0.4 is 4.74 Å². The molecule has 0 bridgehead atoms. The van der Waals surface area contributed by atoms with Crippen LogP contribution in [-0.2, 0) is 6.54 Å². The molecular weight excluding hydrogens is 316 g/mol. The van der Waals surface area contributed by atoms with Crippen LogP contribution in [0.15, 0.2) is 43.0 Å². The van der Waals surface area contributed by atoms with Gasteiger partial charge in [0.15, 0.2) is 0 Å². The molecule has 0 atom stereocenters. The van der Waals surface area contributed by atoms with Crippen LogP contribution in [0.2, 0.25) is 0 Å². The smallest absolute Gasteiger partial charge is 0.137 e. The number of benzene rings is 1. The molecule has 0 saturated carbocycles. The molecule has 1 aliphatic heterocycles. The molecule has 130 valence electrons. The van der Waals surface area contributed by atoms with Crippen LogP contribution in [0.4, 0.5) is 0 Å². The molecule has 0 spiro atoms. The van der Waals surface area contributed by atoms with Gasteiger partial charge in [0.2, 0.25) is 0 Å². The van der Waals surface area contributed by atoms with Crippen molar-refractivity contribution in [1.82, 2.24) is 29.6 Å². The van der Waals surface area contributed by atoms with Gasteiger partial charge in [-0.25, -0.2) is 9.97 Å². The lowest BCUT2D eigenvalue weighted by molar-refractivity contribution is 0.197. The number of rotatable bonds is 5. The van der Waals surface area contributed by atoms with Gasteiger partial charge in [0, 0.05) is 24.0 Å². The molecule has 7 nitrogen and oxygen atoms in total. The molecule has 1 aromatic carbocycles. The summed E-state index contributed by atoms with van der Waals surface area (Å²) in [7, 11) is 1.68. The summed E-state index contributed by atoms with van der Waals surface area (Å²) in [6, 6.07) is 8.06. The van der Waals surface area contributed by atoms with Crippen molar-refractivity contribution in [2.24, 2.45) is 0 Å². The monoisotopic (exact) mass is 338 g/mol. The van der Waals surface area contributed by atoms with Gasteiger partial charge in [-0.15, -0.1) is 0 Å². The van der Waals surface area contributed by atoms with Gasteiger partial charge < -0.3 is 9.30 Å². The third-order valence-corrected chi connectivity index (χ3v) is 4.84. The van der Waals surface area contributed by atoms with Crippen molar-refractivity contribution in [3.05, 3.63) is 54.6 Å². The lowest BCUT2D eigenvalue weighted by atomic mass is 9.96. The lowest BCUT2D eigenvalue weighted by Gasteiger charge is -2.30. The van der Waals surface area contributed by atoms with Crippen molar-refractivity contribution in [2.75, 3.05) is 20.2 Å². The standard InChI is InChI=1S/C18H22N6O/c1-25-16-4-2-15(3-5-16)24-11-8-19-17(24)12-23-9-6-14(7-10-23)18-20-13-21-22-18/h2-5,8,11,13-14H,6-7,9-10,12H2,1H3,(H,20,21,22). The Hall–Kier alpha value is -2.67. The minimum Gasteiger partial charge on any atom is -0.497 e. The number of imidazole rings is 1. The Kier molecular flexibility index (Phi) is 4.47. The third-order valence-electron chi connectivity index (χ3n) is 4.84. The molecule has 7 heteroatoms. The second kappa shape index (κ2) is 7.06. The number of nitrogens with one attached hydrogen (secondary N) is 1. The molecule has 1 aliphatic rings. The summed E-state index contributed by atoms with van der Waals surface area (Å²) in [5.74, 6) is 3.42. The van der Waals surface area contributed by atoms with E-state index < -0.39 is 0 Å². The zero-order valence-corrected chi connectivity index (χ0v) is 14.3. The van der Waals surface area contributed by atoms with E-state index in [1.54, 1.807) is 13.4 Å². The molecule has 0 unspecified atom stereocenters. The van der Waals surface area contributed by atoms with Gasteiger partial charge in [0.1, 0.15) is 23.7 Å². The van der Waals surface area contributed by atoms with Gasteiger partial charge in [0.05, 0.1) is 13.7 Å². The van der Waals surface area contributed by atoms with Gasteiger partial charge in [-0.3, -0.25) is 10.00 Å². The third kappa shape index (κ3) is 3.41. The minimum absolute atomic E-state index is 0.486. The molecule has 1 saturated heterocycles. The Morgan fingerprint density at radius 3 is 2.64 bits per heavy atom. The Labute approximate surface area is 146 Å². The molecular formula is C18H22N6O. The SMILES string of the molecule is COc1ccc(-n2ccnc2CN2CCC(c3ncn[nH]3)CC2)cc1. The molecule has 3 aromatic rings. The fourth-order valence-electron chi connectivity index (χ4n) is 3.41. The maximum absolute atomic E-state index is 5.23. The summed E-state index contributed by atoms with van der Waals surface area (Å²) in [6.07, 6.45) is 7.66. The summed E-state index contributed by atoms with van der Waals surface area (Å²) in [4.78, 5) is 11.3. The maximum atomic E-state index is 5.23. The Morgan fingerprint density at radius 1 is 1.16 bits per heavy atom. The number of aromatic nitrogens is 5. The highest BCUT2D eigenvalue weighted by Crippen LogP contribution is 2.26. The van der Waals surface area contributed by atoms with Crippen LogP contribution in [0, 0.1) is 0 Å². The zero-order chi connectivity index (χ0) is 17.1. The van der Waals surface area contributed by atoms with E-state index in [0.717, 1.165) is 55.6 Å². The first-order valence-electron chi connectivity index (χ1n) is 8.58. The normalized spacial score (nSPS) is 16.2. The van der Waals surface area contributed by atoms with Crippen LogP contribution >= 0.6 is 0 Å². The van der Waals surface area contributed by atoms with E-state index >= 15 is 0 Å². The molecule has 2 aromatic heterocycles. The number of hydrogen-bond donors (Lipinski definition) is 1. The summed E-state index contributed by atoms with van der Waals surface area (Å²) in [5.41, 5.74) is 1.10. The number of aromatic amines is 1. The molecule has 0 radical (unpaired) electrons. The Morgan fingerprint density at radius 2 is 1.96 bits per heavy atom. The molecule has 1 fully saturated rings. The second-order valence-corrected chi connectivity index (χ2v) is 6.33. The predicted molar refractivity (Wildman–Crippen MR) is 93.8 cm³/mol. The first kappa shape index (κ1) is 15.8. The molecule has 0 aliphatic carbocycles. The quantitative estimate of drug-likeness (QED) is 0.773. The minimum atomic E-state index is 0.486. The van der Waals surface area contributed by atoms with Gasteiger partial charge in [0.25, 0.3) is 0 Å². The number of H-pyrrole nitrogens is 1. The average molecular weight is 338 g/mol. The van der Waals surface area contributed by atoms with E-state index in [0.29, 0.717) is 5.92 Å². The summed E-state index contributed by atoms with van der Waals surface area (Å²) >= 11 is 0. The van der Waals surface area contributed by atoms with E-state index in [-0.39, 0.29) is 0 Å². The number of piperidine rings is 1. The zero-order valence-electron chi connectivity index (χ0n) is 14.3. The second-order valence-electron chi connectivity index (χ2n) is 6.33. The van der Waals surface area contributed by atoms with E-state index in [1.807, 2.05) is 24.5 Å². The molecule has 4 rings (SSSR count). The predicted octanol–water partition coefficient (Wildman–Crippen LogP) is 2.38. The van der Waals surface area contributed by atoms with Gasteiger partial charge >= 0.3 is 0 Å². The number of ether oxygens (including phenoxy) is 1. The first-order chi connectivity index (χ1) is 12.3. The van der Waals surface area contributed by atoms with Gasteiger partial charge in [-0.05, 0) is 50.2 Å². The molecule has 3 heterocycles. The van der Waals surface area contributed by atoms with Crippen molar-refractivity contribution >= 4 is 0 Å². The molecule has 0 amide bonds. The summed E-state index contributed by atoms with van der Waals surface area (Å²) in [6.45, 7) is 2.93. The fraction of sp³-hybridized carbons (Fsp3) is 0.389. The highest BCUT2D eigenvalue weighted by atomic mass is 16.5. The highest BCUT2D eigenvalue weighted by Gasteiger charge is 2.23. The van der Waals surface area contributed by atoms with Crippen LogP contribution in [0.25, 0.3) is 5.69 Å². The summed E-state index contributed by atoms with van der Waals surface area (Å²) < 4.78 is 7.37. The summed E-state index contributed by atoms with van der Waals surface area (Å²) in [5, 5.41) is 6.96. The van der Waals surface area contributed by atoms with E-state index in [4.69, 9.17) is 4.74 Å². The van der Waals surface area contributed by atoms with Crippen LogP contribution in [-0.4, -0.2) is 49.8 Å². The molecule has 1 N–H and O–H groups in total. The highest BCUT2D eigenvalue weighted by molar-refractivity contribution is 5.38. The lowest BCUT2D eigenvalue weighted by Crippen LogP contribution is -2.33. The number of nitrogens with zero attached hydrogens (tertiary/aromatic N) is 5. The van der Waals surface area contributed by atoms with Crippen molar-refractivity contribution in [3.8, 4) is 11.4 Å². The largest absolute Gasteiger partial charge is 0.497 e. The first-order valence-corrected chi connectivity index (χ1v) is 8.58. The number of methoxy groups -OCH3 is 1. The van der Waals surface area contributed by atoms with Gasteiger partial charge in [-0.2, -0.15) is 5.10 Å². The van der Waals surface area contributed by atoms with E-state index in [2.05, 4.69) is 41.8 Å². The van der Waals surface area contributed by atoms with Crippen molar-refractivity contribution in [3.63, 3.8) is 0 Å². The number of likely N-dealkylation sites (tertiary alicyclic amines) is 1. The van der Waals surface area contributed by atoms with Crippen LogP contribution in [0.5, 0.6) is 5.75 Å². The van der Waals surface area contributed by atoms with Crippen molar-refractivity contribution in [1.29, 1.82) is 0 Å². The van der Waals surface area contributed by atoms with Gasteiger partial charge in [-0.1, -0.05) is 0 Å². The molecule has 25 heavy (non-hydrogen) atoms. The van der Waals surface area contributed by atoms with Crippen molar-refractivity contribution < 1.29 is 4.74 Å².